The maximum Gasteiger partial charge on any atom is 0.234 e. The van der Waals surface area contributed by atoms with Crippen molar-refractivity contribution in [2.24, 2.45) is 4.99 Å². The first-order chi connectivity index (χ1) is 14.6. The molecule has 10 heteroatoms. The predicted molar refractivity (Wildman–Crippen MR) is 127 cm³/mol. The fraction of sp³-hybridized carbons (Fsp3) is 0.333. The number of sulfone groups is 1. The maximum absolute atomic E-state index is 14.7. The SMILES string of the molecule is Cc1ccc(C)c(NC(=O)CSC2=N[C@@H]3CS(=O)(=O)C[C@H]3N2c2ccc(Br)cc2F)c1. The van der Waals surface area contributed by atoms with E-state index in [1.807, 2.05) is 32.0 Å². The summed E-state index contributed by atoms with van der Waals surface area (Å²) in [6.45, 7) is 3.87. The maximum atomic E-state index is 14.7. The number of thioether (sulfide) groups is 1. The van der Waals surface area contributed by atoms with Crippen LogP contribution in [-0.2, 0) is 14.6 Å². The Hall–Kier alpha value is -1.91. The van der Waals surface area contributed by atoms with E-state index in [1.165, 1.54) is 17.8 Å². The molecule has 1 amide bonds. The van der Waals surface area contributed by atoms with Gasteiger partial charge in [0.05, 0.1) is 35.0 Å². The van der Waals surface area contributed by atoms with Crippen LogP contribution in [0.1, 0.15) is 11.1 Å². The number of fused-ring (bicyclic) bond motifs is 1. The summed E-state index contributed by atoms with van der Waals surface area (Å²) >= 11 is 4.43. The minimum atomic E-state index is -3.24. The van der Waals surface area contributed by atoms with Crippen LogP contribution in [0.3, 0.4) is 0 Å². The number of carbonyl (C=O) groups is 1. The lowest BCUT2D eigenvalue weighted by Crippen LogP contribution is -2.40. The number of amides is 1. The van der Waals surface area contributed by atoms with E-state index in [1.54, 1.807) is 17.0 Å². The molecule has 0 saturated carbocycles. The van der Waals surface area contributed by atoms with E-state index in [-0.39, 0.29) is 28.9 Å². The molecule has 2 heterocycles. The second-order valence-electron chi connectivity index (χ2n) is 7.74. The number of hydrogen-bond acceptors (Lipinski definition) is 6. The summed E-state index contributed by atoms with van der Waals surface area (Å²) in [6.07, 6.45) is 0. The van der Waals surface area contributed by atoms with E-state index in [4.69, 9.17) is 0 Å². The molecule has 2 atom stereocenters. The van der Waals surface area contributed by atoms with Crippen molar-refractivity contribution in [2.45, 2.75) is 25.9 Å². The predicted octanol–water partition coefficient (Wildman–Crippen LogP) is 3.92. The van der Waals surface area contributed by atoms with E-state index in [0.29, 0.717) is 9.64 Å². The van der Waals surface area contributed by atoms with Gasteiger partial charge in [-0.1, -0.05) is 39.8 Å². The first kappa shape index (κ1) is 22.3. The van der Waals surface area contributed by atoms with Crippen LogP contribution in [0.5, 0.6) is 0 Å². The molecule has 2 aromatic rings. The Morgan fingerprint density at radius 2 is 2.03 bits per heavy atom. The molecule has 2 aromatic carbocycles. The fourth-order valence-electron chi connectivity index (χ4n) is 3.78. The van der Waals surface area contributed by atoms with Crippen molar-refractivity contribution < 1.29 is 17.6 Å². The molecule has 1 fully saturated rings. The van der Waals surface area contributed by atoms with Crippen LogP contribution in [0, 0.1) is 19.7 Å². The van der Waals surface area contributed by atoms with Gasteiger partial charge in [-0.25, -0.2) is 12.8 Å². The summed E-state index contributed by atoms with van der Waals surface area (Å²) in [5.74, 6) is -0.761. The molecule has 0 bridgehead atoms. The number of hydrogen-bond donors (Lipinski definition) is 1. The van der Waals surface area contributed by atoms with Crippen LogP contribution in [0.4, 0.5) is 15.8 Å². The minimum Gasteiger partial charge on any atom is -0.325 e. The second kappa shape index (κ2) is 8.55. The number of nitrogens with one attached hydrogen (secondary N) is 1. The summed E-state index contributed by atoms with van der Waals surface area (Å²) in [5.41, 5.74) is 3.01. The zero-order chi connectivity index (χ0) is 22.3. The largest absolute Gasteiger partial charge is 0.325 e. The molecule has 0 radical (unpaired) electrons. The third-order valence-electron chi connectivity index (χ3n) is 5.28. The number of amidine groups is 1. The van der Waals surface area contributed by atoms with Crippen LogP contribution in [0.25, 0.3) is 0 Å². The van der Waals surface area contributed by atoms with Gasteiger partial charge in [0, 0.05) is 10.2 Å². The van der Waals surface area contributed by atoms with Crippen molar-refractivity contribution in [3.63, 3.8) is 0 Å². The van der Waals surface area contributed by atoms with Crippen molar-refractivity contribution in [3.8, 4) is 0 Å². The molecule has 164 valence electrons. The van der Waals surface area contributed by atoms with Gasteiger partial charge in [0.15, 0.2) is 15.0 Å². The Kier molecular flexibility index (Phi) is 6.15. The van der Waals surface area contributed by atoms with Crippen LogP contribution < -0.4 is 10.2 Å². The second-order valence-corrected chi connectivity index (χ2v) is 11.8. The molecule has 6 nitrogen and oxygen atoms in total. The lowest BCUT2D eigenvalue weighted by Gasteiger charge is -2.26. The number of anilines is 2. The van der Waals surface area contributed by atoms with Gasteiger partial charge in [-0.05, 0) is 49.2 Å². The monoisotopic (exact) mass is 525 g/mol. The highest BCUT2D eigenvalue weighted by molar-refractivity contribution is 9.10. The molecular formula is C21H21BrFN3O3S2. The molecule has 0 unspecified atom stereocenters. The molecule has 4 rings (SSSR count). The molecule has 31 heavy (non-hydrogen) atoms. The number of nitrogens with zero attached hydrogens (tertiary/aromatic N) is 2. The van der Waals surface area contributed by atoms with Gasteiger partial charge in [-0.2, -0.15) is 0 Å². The topological polar surface area (TPSA) is 78.8 Å². The van der Waals surface area contributed by atoms with Crippen molar-refractivity contribution >= 4 is 60.0 Å². The number of rotatable bonds is 4. The standard InChI is InChI=1S/C21H21BrFN3O3S2/c1-12-3-4-13(2)16(7-12)24-20(27)9-30-21-25-17-10-31(28,29)11-19(17)26(21)18-6-5-14(22)8-15(18)23/h3-8,17,19H,9-11H2,1-2H3,(H,24,27)/t17-,19-/m1/s1. The number of aryl methyl sites for hydroxylation is 2. The highest BCUT2D eigenvalue weighted by atomic mass is 79.9. The molecule has 2 aliphatic rings. The average Bonchev–Trinajstić information content (AvgIpc) is 3.14. The first-order valence-electron chi connectivity index (χ1n) is 9.65. The molecule has 0 spiro atoms. The Labute approximate surface area is 193 Å². The summed E-state index contributed by atoms with van der Waals surface area (Å²) in [4.78, 5) is 18.7. The normalized spacial score (nSPS) is 21.7. The number of halogens is 2. The van der Waals surface area contributed by atoms with E-state index in [2.05, 4.69) is 26.2 Å². The van der Waals surface area contributed by atoms with Gasteiger partial charge in [0.2, 0.25) is 5.91 Å². The highest BCUT2D eigenvalue weighted by Crippen LogP contribution is 2.37. The molecule has 1 saturated heterocycles. The lowest BCUT2D eigenvalue weighted by molar-refractivity contribution is -0.113. The summed E-state index contributed by atoms with van der Waals surface area (Å²) in [5, 5.41) is 3.36. The van der Waals surface area contributed by atoms with Crippen LogP contribution in [0.15, 0.2) is 45.9 Å². The molecule has 1 N–H and O–H groups in total. The Bertz CT molecular complexity index is 1190. The molecule has 0 aromatic heterocycles. The summed E-state index contributed by atoms with van der Waals surface area (Å²) < 4.78 is 39.6. The summed E-state index contributed by atoms with van der Waals surface area (Å²) in [6, 6.07) is 9.53. The van der Waals surface area contributed by atoms with Crippen molar-refractivity contribution in [3.05, 3.63) is 57.8 Å². The van der Waals surface area contributed by atoms with Gasteiger partial charge < -0.3 is 10.2 Å². The molecule has 2 aliphatic heterocycles. The Balaban J connectivity index is 1.54. The number of aliphatic imine (C=N–C) groups is 1. The third-order valence-corrected chi connectivity index (χ3v) is 8.44. The van der Waals surface area contributed by atoms with Crippen LogP contribution in [-0.4, -0.2) is 48.8 Å². The third kappa shape index (κ3) is 4.80. The lowest BCUT2D eigenvalue weighted by atomic mass is 10.1. The number of benzene rings is 2. The van der Waals surface area contributed by atoms with Crippen molar-refractivity contribution in [2.75, 3.05) is 27.5 Å². The average molecular weight is 526 g/mol. The Morgan fingerprint density at radius 3 is 2.77 bits per heavy atom. The smallest absolute Gasteiger partial charge is 0.234 e. The zero-order valence-corrected chi connectivity index (χ0v) is 20.2. The molecular weight excluding hydrogens is 505 g/mol. The van der Waals surface area contributed by atoms with Gasteiger partial charge in [0.1, 0.15) is 5.82 Å². The van der Waals surface area contributed by atoms with Gasteiger partial charge in [-0.15, -0.1) is 0 Å². The van der Waals surface area contributed by atoms with Gasteiger partial charge >= 0.3 is 0 Å². The van der Waals surface area contributed by atoms with Gasteiger partial charge in [-0.3, -0.25) is 9.79 Å². The Morgan fingerprint density at radius 1 is 1.26 bits per heavy atom. The first-order valence-corrected chi connectivity index (χ1v) is 13.3. The molecule has 0 aliphatic carbocycles. The highest BCUT2D eigenvalue weighted by Gasteiger charge is 2.47. The van der Waals surface area contributed by atoms with E-state index < -0.39 is 27.7 Å². The quantitative estimate of drug-likeness (QED) is 0.654. The fourth-order valence-corrected chi connectivity index (χ4v) is 6.87. The zero-order valence-electron chi connectivity index (χ0n) is 16.9. The van der Waals surface area contributed by atoms with Crippen LogP contribution in [0.2, 0.25) is 0 Å². The van der Waals surface area contributed by atoms with Crippen LogP contribution >= 0.6 is 27.7 Å². The van der Waals surface area contributed by atoms with E-state index in [9.17, 15) is 17.6 Å². The van der Waals surface area contributed by atoms with Gasteiger partial charge in [0.25, 0.3) is 0 Å². The van der Waals surface area contributed by atoms with Crippen molar-refractivity contribution in [1.82, 2.24) is 0 Å². The van der Waals surface area contributed by atoms with E-state index in [0.717, 1.165) is 16.8 Å². The number of carbonyl (C=O) groups excluding carboxylic acids is 1. The summed E-state index contributed by atoms with van der Waals surface area (Å²) in [7, 11) is -3.24. The van der Waals surface area contributed by atoms with Crippen molar-refractivity contribution in [1.29, 1.82) is 0 Å². The minimum absolute atomic E-state index is 0.0644. The van der Waals surface area contributed by atoms with E-state index >= 15 is 0 Å².